The van der Waals surface area contributed by atoms with Crippen LogP contribution in [-0.4, -0.2) is 25.2 Å². The Balaban J connectivity index is 2.25. The van der Waals surface area contributed by atoms with E-state index < -0.39 is 11.8 Å². The van der Waals surface area contributed by atoms with E-state index in [0.717, 1.165) is 32.1 Å². The standard InChI is InChI=1S/C22H34O4/c1-3-15-25-21(23)19-14-10-9-13-18(17-11-7-5-6-8-12-17)20(19)22(24)26-16-4-2/h3-4,17-20H,1-2,5-16H2. The molecule has 2 aliphatic carbocycles. The van der Waals surface area contributed by atoms with E-state index in [9.17, 15) is 9.59 Å². The molecule has 0 N–H and O–H groups in total. The monoisotopic (exact) mass is 362 g/mol. The van der Waals surface area contributed by atoms with E-state index in [1.165, 1.54) is 25.7 Å². The summed E-state index contributed by atoms with van der Waals surface area (Å²) < 4.78 is 10.8. The molecule has 3 unspecified atom stereocenters. The lowest BCUT2D eigenvalue weighted by atomic mass is 9.71. The zero-order valence-electron chi connectivity index (χ0n) is 16.0. The summed E-state index contributed by atoms with van der Waals surface area (Å²) in [6.45, 7) is 7.63. The molecule has 0 aliphatic heterocycles. The number of carbonyl (C=O) groups excluding carboxylic acids is 2. The van der Waals surface area contributed by atoms with Crippen LogP contribution in [0, 0.1) is 23.7 Å². The highest BCUT2D eigenvalue weighted by Gasteiger charge is 2.45. The smallest absolute Gasteiger partial charge is 0.310 e. The van der Waals surface area contributed by atoms with Crippen molar-refractivity contribution in [1.29, 1.82) is 0 Å². The van der Waals surface area contributed by atoms with Crippen LogP contribution in [0.3, 0.4) is 0 Å². The van der Waals surface area contributed by atoms with Gasteiger partial charge in [-0.25, -0.2) is 0 Å². The van der Waals surface area contributed by atoms with E-state index in [1.807, 2.05) is 0 Å². The maximum atomic E-state index is 12.9. The molecular weight excluding hydrogens is 328 g/mol. The Morgan fingerprint density at radius 3 is 1.92 bits per heavy atom. The van der Waals surface area contributed by atoms with Crippen LogP contribution in [0.5, 0.6) is 0 Å². The molecular formula is C22H34O4. The van der Waals surface area contributed by atoms with Gasteiger partial charge in [0.1, 0.15) is 13.2 Å². The lowest BCUT2D eigenvalue weighted by Crippen LogP contribution is -2.39. The minimum atomic E-state index is -0.400. The molecule has 2 fully saturated rings. The second-order valence-corrected chi connectivity index (χ2v) is 7.67. The number of carbonyl (C=O) groups is 2. The largest absolute Gasteiger partial charge is 0.461 e. The average Bonchev–Trinajstić information content (AvgIpc) is 3.04. The zero-order chi connectivity index (χ0) is 18.8. The molecule has 0 aromatic carbocycles. The van der Waals surface area contributed by atoms with Gasteiger partial charge in [0.05, 0.1) is 11.8 Å². The Morgan fingerprint density at radius 1 is 0.769 bits per heavy atom. The topological polar surface area (TPSA) is 52.6 Å². The molecule has 0 radical (unpaired) electrons. The van der Waals surface area contributed by atoms with Crippen molar-refractivity contribution in [2.75, 3.05) is 13.2 Å². The van der Waals surface area contributed by atoms with Crippen LogP contribution in [0.15, 0.2) is 25.3 Å². The van der Waals surface area contributed by atoms with Crippen molar-refractivity contribution in [3.8, 4) is 0 Å². The molecule has 4 heteroatoms. The Labute approximate surface area is 158 Å². The van der Waals surface area contributed by atoms with Crippen LogP contribution < -0.4 is 0 Å². The van der Waals surface area contributed by atoms with Crippen molar-refractivity contribution in [2.45, 2.75) is 64.2 Å². The SMILES string of the molecule is C=CCOC(=O)C1CCCCC(C2CCCCCC2)C1C(=O)OCC=C. The zero-order valence-corrected chi connectivity index (χ0v) is 16.0. The minimum absolute atomic E-state index is 0.192. The van der Waals surface area contributed by atoms with Gasteiger partial charge in [-0.05, 0) is 24.7 Å². The molecule has 0 bridgehead atoms. The van der Waals surface area contributed by atoms with Gasteiger partial charge in [-0.15, -0.1) is 0 Å². The highest BCUT2D eigenvalue weighted by molar-refractivity contribution is 5.82. The third-order valence-corrected chi connectivity index (χ3v) is 5.96. The fourth-order valence-corrected chi connectivity index (χ4v) is 4.76. The first-order valence-corrected chi connectivity index (χ1v) is 10.2. The molecule has 0 saturated heterocycles. The lowest BCUT2D eigenvalue weighted by molar-refractivity contribution is -0.163. The van der Waals surface area contributed by atoms with Gasteiger partial charge in [0.25, 0.3) is 0 Å². The van der Waals surface area contributed by atoms with Crippen LogP contribution in [0.4, 0.5) is 0 Å². The predicted molar refractivity (Wildman–Crippen MR) is 102 cm³/mol. The molecule has 0 heterocycles. The number of rotatable bonds is 7. The molecule has 0 amide bonds. The molecule has 0 spiro atoms. The molecule has 4 nitrogen and oxygen atoms in total. The molecule has 26 heavy (non-hydrogen) atoms. The van der Waals surface area contributed by atoms with Crippen LogP contribution in [-0.2, 0) is 19.1 Å². The van der Waals surface area contributed by atoms with E-state index in [2.05, 4.69) is 13.2 Å². The fourth-order valence-electron chi connectivity index (χ4n) is 4.76. The van der Waals surface area contributed by atoms with Gasteiger partial charge in [-0.1, -0.05) is 76.7 Å². The summed E-state index contributed by atoms with van der Waals surface area (Å²) >= 11 is 0. The van der Waals surface area contributed by atoms with Crippen molar-refractivity contribution in [2.24, 2.45) is 23.7 Å². The average molecular weight is 363 g/mol. The van der Waals surface area contributed by atoms with Gasteiger partial charge >= 0.3 is 11.9 Å². The first-order chi connectivity index (χ1) is 12.7. The third kappa shape index (κ3) is 5.72. The highest BCUT2D eigenvalue weighted by atomic mass is 16.5. The summed E-state index contributed by atoms with van der Waals surface area (Å²) in [5, 5.41) is 0. The third-order valence-electron chi connectivity index (χ3n) is 5.96. The van der Waals surface area contributed by atoms with Crippen molar-refractivity contribution in [3.05, 3.63) is 25.3 Å². The first-order valence-electron chi connectivity index (χ1n) is 10.2. The Hall–Kier alpha value is -1.58. The van der Waals surface area contributed by atoms with Crippen LogP contribution in [0.2, 0.25) is 0 Å². The van der Waals surface area contributed by atoms with Gasteiger partial charge in [-0.2, -0.15) is 0 Å². The maximum absolute atomic E-state index is 12.9. The van der Waals surface area contributed by atoms with Gasteiger partial charge in [0, 0.05) is 0 Å². The summed E-state index contributed by atoms with van der Waals surface area (Å²) in [4.78, 5) is 25.6. The number of ether oxygens (including phenoxy) is 2. The van der Waals surface area contributed by atoms with Crippen LogP contribution in [0.25, 0.3) is 0 Å². The van der Waals surface area contributed by atoms with Gasteiger partial charge in [0.15, 0.2) is 0 Å². The van der Waals surface area contributed by atoms with Crippen LogP contribution >= 0.6 is 0 Å². The molecule has 2 saturated carbocycles. The maximum Gasteiger partial charge on any atom is 0.310 e. The Kier molecular flexibility index (Phi) is 8.93. The number of hydrogen-bond acceptors (Lipinski definition) is 4. The van der Waals surface area contributed by atoms with Crippen molar-refractivity contribution < 1.29 is 19.1 Å². The van der Waals surface area contributed by atoms with Gasteiger partial charge in [0.2, 0.25) is 0 Å². The molecule has 146 valence electrons. The summed E-state index contributed by atoms with van der Waals surface area (Å²) in [7, 11) is 0. The normalized spacial score (nSPS) is 27.6. The molecule has 0 aromatic rings. The summed E-state index contributed by atoms with van der Waals surface area (Å²) in [5.74, 6) is -0.589. The quantitative estimate of drug-likeness (QED) is 0.369. The van der Waals surface area contributed by atoms with E-state index in [1.54, 1.807) is 12.2 Å². The van der Waals surface area contributed by atoms with E-state index in [0.29, 0.717) is 12.3 Å². The summed E-state index contributed by atoms with van der Waals surface area (Å²) in [6.07, 6.45) is 14.2. The van der Waals surface area contributed by atoms with Crippen molar-refractivity contribution >= 4 is 11.9 Å². The lowest BCUT2D eigenvalue weighted by Gasteiger charge is -2.34. The minimum Gasteiger partial charge on any atom is -0.461 e. The van der Waals surface area contributed by atoms with E-state index >= 15 is 0 Å². The summed E-state index contributed by atoms with van der Waals surface area (Å²) in [5.41, 5.74) is 0. The number of esters is 2. The fraction of sp³-hybridized carbons (Fsp3) is 0.727. The molecule has 2 aliphatic rings. The molecule has 0 aromatic heterocycles. The highest BCUT2D eigenvalue weighted by Crippen LogP contribution is 2.43. The number of hydrogen-bond donors (Lipinski definition) is 0. The van der Waals surface area contributed by atoms with Gasteiger partial charge < -0.3 is 9.47 Å². The Morgan fingerprint density at radius 2 is 1.31 bits per heavy atom. The van der Waals surface area contributed by atoms with Crippen molar-refractivity contribution in [1.82, 2.24) is 0 Å². The Bertz CT molecular complexity index is 477. The molecule has 2 rings (SSSR count). The van der Waals surface area contributed by atoms with Crippen LogP contribution in [0.1, 0.15) is 64.2 Å². The molecule has 3 atom stereocenters. The predicted octanol–water partition coefficient (Wildman–Crippen LogP) is 4.84. The second-order valence-electron chi connectivity index (χ2n) is 7.67. The van der Waals surface area contributed by atoms with E-state index in [-0.39, 0.29) is 31.1 Å². The van der Waals surface area contributed by atoms with Gasteiger partial charge in [-0.3, -0.25) is 9.59 Å². The summed E-state index contributed by atoms with van der Waals surface area (Å²) in [6, 6.07) is 0. The second kappa shape index (κ2) is 11.2. The van der Waals surface area contributed by atoms with Crippen molar-refractivity contribution in [3.63, 3.8) is 0 Å². The van der Waals surface area contributed by atoms with E-state index in [4.69, 9.17) is 9.47 Å². The first kappa shape index (κ1) is 20.7.